The summed E-state index contributed by atoms with van der Waals surface area (Å²) in [5.41, 5.74) is -0.0652. The number of rotatable bonds is 3. The molecule has 0 spiro atoms. The first kappa shape index (κ1) is 13.9. The normalized spacial score (nSPS) is 18.2. The van der Waals surface area contributed by atoms with Crippen LogP contribution < -0.4 is 0 Å². The summed E-state index contributed by atoms with van der Waals surface area (Å²) in [5, 5.41) is 0. The summed E-state index contributed by atoms with van der Waals surface area (Å²) >= 11 is 1.55. The predicted octanol–water partition coefficient (Wildman–Crippen LogP) is 2.33. The van der Waals surface area contributed by atoms with Crippen molar-refractivity contribution in [1.29, 1.82) is 0 Å². The molecule has 0 bridgehead atoms. The molecule has 0 aliphatic carbocycles. The van der Waals surface area contributed by atoms with E-state index in [1.165, 1.54) is 0 Å². The number of ketones is 1. The number of aryl methyl sites for hydroxylation is 2. The third-order valence-corrected chi connectivity index (χ3v) is 4.33. The molecule has 1 aromatic rings. The Balaban J connectivity index is 2.18. The van der Waals surface area contributed by atoms with E-state index in [9.17, 15) is 14.4 Å². The second kappa shape index (κ2) is 4.56. The van der Waals surface area contributed by atoms with Gasteiger partial charge >= 0.3 is 0 Å². The Labute approximate surface area is 116 Å². The predicted molar refractivity (Wildman–Crippen MR) is 73.2 cm³/mol. The molecule has 2 amide bonds. The molecule has 0 unspecified atom stereocenters. The quantitative estimate of drug-likeness (QED) is 0.630. The van der Waals surface area contributed by atoms with E-state index in [1.54, 1.807) is 25.2 Å². The lowest BCUT2D eigenvalue weighted by Gasteiger charge is -2.16. The van der Waals surface area contributed by atoms with Crippen molar-refractivity contribution in [3.63, 3.8) is 0 Å². The van der Waals surface area contributed by atoms with Gasteiger partial charge in [-0.05, 0) is 19.9 Å². The van der Waals surface area contributed by atoms with Crippen LogP contribution in [0.5, 0.6) is 0 Å². The molecule has 1 aliphatic heterocycles. The van der Waals surface area contributed by atoms with Gasteiger partial charge in [0.15, 0.2) is 5.78 Å². The summed E-state index contributed by atoms with van der Waals surface area (Å²) < 4.78 is 0. The monoisotopic (exact) mass is 279 g/mol. The maximum absolute atomic E-state index is 12.2. The summed E-state index contributed by atoms with van der Waals surface area (Å²) in [6, 6.07) is 1.82. The smallest absolute Gasteiger partial charge is 0.235 e. The molecule has 0 radical (unpaired) electrons. The molecule has 0 saturated carbocycles. The Hall–Kier alpha value is -1.49. The maximum atomic E-state index is 12.2. The van der Waals surface area contributed by atoms with Gasteiger partial charge in [-0.15, -0.1) is 11.3 Å². The molecule has 5 heteroatoms. The van der Waals surface area contributed by atoms with Crippen LogP contribution in [0.2, 0.25) is 0 Å². The van der Waals surface area contributed by atoms with Gasteiger partial charge in [-0.3, -0.25) is 19.3 Å². The van der Waals surface area contributed by atoms with Gasteiger partial charge in [0.2, 0.25) is 11.8 Å². The molecule has 19 heavy (non-hydrogen) atoms. The molecule has 1 aliphatic rings. The Morgan fingerprint density at radius 1 is 1.37 bits per heavy atom. The number of amides is 2. The minimum absolute atomic E-state index is 0.141. The fourth-order valence-electron chi connectivity index (χ4n) is 2.32. The highest BCUT2D eigenvalue weighted by Crippen LogP contribution is 2.32. The number of hydrogen-bond acceptors (Lipinski definition) is 4. The van der Waals surface area contributed by atoms with Crippen molar-refractivity contribution >= 4 is 28.9 Å². The number of carbonyl (C=O) groups is 3. The van der Waals surface area contributed by atoms with Crippen molar-refractivity contribution in [2.45, 2.75) is 34.1 Å². The Bertz CT molecular complexity index is 571. The minimum atomic E-state index is -0.684. The van der Waals surface area contributed by atoms with Crippen LogP contribution in [0.4, 0.5) is 0 Å². The van der Waals surface area contributed by atoms with E-state index in [0.29, 0.717) is 5.56 Å². The van der Waals surface area contributed by atoms with Gasteiger partial charge in [0.05, 0.1) is 12.0 Å². The van der Waals surface area contributed by atoms with Gasteiger partial charge in [0, 0.05) is 21.7 Å². The SMILES string of the molecule is Cc1cc(C(=O)CN2C(=O)CC(C)(C)C2=O)c(C)s1. The van der Waals surface area contributed by atoms with Gasteiger partial charge in [-0.1, -0.05) is 13.8 Å². The molecular weight excluding hydrogens is 262 g/mol. The molecule has 0 N–H and O–H groups in total. The molecule has 2 heterocycles. The zero-order chi connectivity index (χ0) is 14.4. The van der Waals surface area contributed by atoms with Gasteiger partial charge in [0.1, 0.15) is 0 Å². The van der Waals surface area contributed by atoms with Crippen LogP contribution in [-0.4, -0.2) is 29.0 Å². The first-order valence-corrected chi connectivity index (χ1v) is 6.99. The molecule has 0 atom stereocenters. The Kier molecular flexibility index (Phi) is 3.34. The molecule has 4 nitrogen and oxygen atoms in total. The van der Waals surface area contributed by atoms with E-state index in [-0.39, 0.29) is 30.6 Å². The van der Waals surface area contributed by atoms with E-state index < -0.39 is 5.41 Å². The summed E-state index contributed by atoms with van der Waals surface area (Å²) in [6.45, 7) is 7.14. The first-order chi connectivity index (χ1) is 8.72. The second-order valence-electron chi connectivity index (χ2n) is 5.60. The van der Waals surface area contributed by atoms with Crippen molar-refractivity contribution in [2.75, 3.05) is 6.54 Å². The first-order valence-electron chi connectivity index (χ1n) is 6.17. The molecule has 102 valence electrons. The third kappa shape index (κ3) is 2.47. The average Bonchev–Trinajstić information content (AvgIpc) is 2.71. The van der Waals surface area contributed by atoms with Crippen molar-refractivity contribution in [2.24, 2.45) is 5.41 Å². The number of imide groups is 1. The standard InChI is InChI=1S/C14H17NO3S/c1-8-5-10(9(2)19-8)11(16)7-15-12(17)6-14(3,4)13(15)18/h5H,6-7H2,1-4H3. The summed E-state index contributed by atoms with van der Waals surface area (Å²) in [7, 11) is 0. The van der Waals surface area contributed by atoms with Crippen molar-refractivity contribution in [3.8, 4) is 0 Å². The van der Waals surface area contributed by atoms with Gasteiger partial charge in [-0.25, -0.2) is 0 Å². The van der Waals surface area contributed by atoms with Crippen LogP contribution >= 0.6 is 11.3 Å². The zero-order valence-corrected chi connectivity index (χ0v) is 12.4. The highest BCUT2D eigenvalue weighted by Gasteiger charge is 2.45. The number of Topliss-reactive ketones (excluding diaryl/α,β-unsaturated/α-hetero) is 1. The number of thiophene rings is 1. The fraction of sp³-hybridized carbons (Fsp3) is 0.500. The third-order valence-electron chi connectivity index (χ3n) is 3.36. The van der Waals surface area contributed by atoms with Crippen LogP contribution in [0.3, 0.4) is 0 Å². The largest absolute Gasteiger partial charge is 0.292 e. The maximum Gasteiger partial charge on any atom is 0.235 e. The highest BCUT2D eigenvalue weighted by molar-refractivity contribution is 7.12. The van der Waals surface area contributed by atoms with E-state index in [0.717, 1.165) is 14.7 Å². The van der Waals surface area contributed by atoms with Crippen LogP contribution in [-0.2, 0) is 9.59 Å². The lowest BCUT2D eigenvalue weighted by molar-refractivity contribution is -0.140. The molecule has 1 fully saturated rings. The number of likely N-dealkylation sites (tertiary alicyclic amines) is 1. The zero-order valence-electron chi connectivity index (χ0n) is 11.6. The molecule has 0 aromatic carbocycles. The van der Waals surface area contributed by atoms with Crippen molar-refractivity contribution in [3.05, 3.63) is 21.4 Å². The van der Waals surface area contributed by atoms with E-state index in [4.69, 9.17) is 0 Å². The average molecular weight is 279 g/mol. The van der Waals surface area contributed by atoms with Gasteiger partial charge in [0.25, 0.3) is 0 Å². The molecule has 2 rings (SSSR count). The number of carbonyl (C=O) groups excluding carboxylic acids is 3. The lowest BCUT2D eigenvalue weighted by atomic mass is 9.92. The van der Waals surface area contributed by atoms with Crippen molar-refractivity contribution in [1.82, 2.24) is 4.90 Å². The van der Waals surface area contributed by atoms with E-state index in [2.05, 4.69) is 0 Å². The number of nitrogens with zero attached hydrogens (tertiary/aromatic N) is 1. The summed E-state index contributed by atoms with van der Waals surface area (Å²) in [6.07, 6.45) is 0.181. The number of hydrogen-bond donors (Lipinski definition) is 0. The van der Waals surface area contributed by atoms with Crippen LogP contribution in [0.15, 0.2) is 6.07 Å². The van der Waals surface area contributed by atoms with Crippen LogP contribution in [0.25, 0.3) is 0 Å². The summed E-state index contributed by atoms with van der Waals surface area (Å²) in [4.78, 5) is 39.1. The van der Waals surface area contributed by atoms with E-state index in [1.807, 2.05) is 19.9 Å². The van der Waals surface area contributed by atoms with Gasteiger partial charge in [-0.2, -0.15) is 0 Å². The van der Waals surface area contributed by atoms with Crippen LogP contribution in [0, 0.1) is 19.3 Å². The van der Waals surface area contributed by atoms with Crippen molar-refractivity contribution < 1.29 is 14.4 Å². The van der Waals surface area contributed by atoms with E-state index >= 15 is 0 Å². The summed E-state index contributed by atoms with van der Waals surface area (Å²) in [5.74, 6) is -0.676. The topological polar surface area (TPSA) is 54.5 Å². The Morgan fingerprint density at radius 3 is 2.42 bits per heavy atom. The molecular formula is C14H17NO3S. The molecule has 1 saturated heterocycles. The van der Waals surface area contributed by atoms with Crippen LogP contribution in [0.1, 0.15) is 40.4 Å². The fourth-order valence-corrected chi connectivity index (χ4v) is 3.27. The van der Waals surface area contributed by atoms with Gasteiger partial charge < -0.3 is 0 Å². The second-order valence-corrected chi connectivity index (χ2v) is 7.06. The molecule has 1 aromatic heterocycles. The lowest BCUT2D eigenvalue weighted by Crippen LogP contribution is -2.37. The Morgan fingerprint density at radius 2 is 2.00 bits per heavy atom. The minimum Gasteiger partial charge on any atom is -0.292 e. The highest BCUT2D eigenvalue weighted by atomic mass is 32.1.